The Balaban J connectivity index is 1.92. The molecule has 0 aliphatic heterocycles. The lowest BCUT2D eigenvalue weighted by molar-refractivity contribution is 0.354. The predicted molar refractivity (Wildman–Crippen MR) is 78.8 cm³/mol. The van der Waals surface area contributed by atoms with Gasteiger partial charge in [-0.3, -0.25) is 0 Å². The first-order valence-electron chi connectivity index (χ1n) is 6.15. The number of aromatic nitrogens is 2. The summed E-state index contributed by atoms with van der Waals surface area (Å²) in [5, 5.41) is 3.66. The minimum Gasteiger partial charge on any atom is -0.493 e. The van der Waals surface area contributed by atoms with Crippen molar-refractivity contribution in [3.05, 3.63) is 41.2 Å². The molecule has 0 aliphatic rings. The van der Waals surface area contributed by atoms with Crippen LogP contribution in [-0.4, -0.2) is 30.7 Å². The van der Waals surface area contributed by atoms with Crippen molar-refractivity contribution in [2.24, 2.45) is 0 Å². The van der Waals surface area contributed by atoms with Crippen molar-refractivity contribution in [3.8, 4) is 11.5 Å². The third-order valence-corrected chi connectivity index (χ3v) is 2.96. The molecule has 0 saturated carbocycles. The third-order valence-electron chi connectivity index (χ3n) is 2.77. The molecule has 1 aromatic carbocycles. The van der Waals surface area contributed by atoms with Gasteiger partial charge in [-0.05, 0) is 24.1 Å². The second-order valence-corrected chi connectivity index (χ2v) is 4.53. The van der Waals surface area contributed by atoms with Crippen LogP contribution in [0.15, 0.2) is 30.6 Å². The van der Waals surface area contributed by atoms with Crippen LogP contribution in [0.3, 0.4) is 0 Å². The highest BCUT2D eigenvalue weighted by Crippen LogP contribution is 2.27. The van der Waals surface area contributed by atoms with E-state index < -0.39 is 0 Å². The van der Waals surface area contributed by atoms with Crippen LogP contribution in [0.4, 0.5) is 5.95 Å². The van der Waals surface area contributed by atoms with Crippen LogP contribution in [0.25, 0.3) is 0 Å². The fraction of sp³-hybridized carbons (Fsp3) is 0.286. The molecule has 6 heteroatoms. The topological polar surface area (TPSA) is 56.3 Å². The minimum absolute atomic E-state index is 0.524. The van der Waals surface area contributed by atoms with Crippen LogP contribution in [0, 0.1) is 0 Å². The summed E-state index contributed by atoms with van der Waals surface area (Å²) in [7, 11) is 3.25. The van der Waals surface area contributed by atoms with Crippen molar-refractivity contribution >= 4 is 17.5 Å². The Kier molecular flexibility index (Phi) is 5.01. The van der Waals surface area contributed by atoms with Crippen molar-refractivity contribution in [3.63, 3.8) is 0 Å². The maximum Gasteiger partial charge on any atom is 0.222 e. The number of benzene rings is 1. The van der Waals surface area contributed by atoms with Gasteiger partial charge in [0.15, 0.2) is 11.5 Å². The molecule has 1 N–H and O–H groups in total. The van der Waals surface area contributed by atoms with Crippen LogP contribution in [0.2, 0.25) is 5.02 Å². The number of hydrogen-bond acceptors (Lipinski definition) is 5. The van der Waals surface area contributed by atoms with E-state index in [9.17, 15) is 0 Å². The molecule has 5 nitrogen and oxygen atoms in total. The first-order valence-corrected chi connectivity index (χ1v) is 6.53. The van der Waals surface area contributed by atoms with Gasteiger partial charge in [-0.15, -0.1) is 0 Å². The molecule has 1 heterocycles. The molecule has 20 heavy (non-hydrogen) atoms. The molecule has 0 saturated heterocycles. The van der Waals surface area contributed by atoms with Gasteiger partial charge in [0, 0.05) is 6.54 Å². The second-order valence-electron chi connectivity index (χ2n) is 4.09. The van der Waals surface area contributed by atoms with E-state index in [-0.39, 0.29) is 0 Å². The van der Waals surface area contributed by atoms with Crippen molar-refractivity contribution in [1.29, 1.82) is 0 Å². The zero-order valence-corrected chi connectivity index (χ0v) is 12.1. The first-order chi connectivity index (χ1) is 9.72. The molecule has 2 rings (SSSR count). The summed E-state index contributed by atoms with van der Waals surface area (Å²) in [5.74, 6) is 2.02. The van der Waals surface area contributed by atoms with Crippen molar-refractivity contribution in [2.75, 3.05) is 26.1 Å². The number of ether oxygens (including phenoxy) is 2. The van der Waals surface area contributed by atoms with E-state index in [1.807, 2.05) is 18.2 Å². The minimum atomic E-state index is 0.524. The number of nitrogens with zero attached hydrogens (tertiary/aromatic N) is 2. The number of rotatable bonds is 6. The largest absolute Gasteiger partial charge is 0.493 e. The molecule has 0 spiro atoms. The van der Waals surface area contributed by atoms with Gasteiger partial charge in [-0.1, -0.05) is 17.7 Å². The summed E-state index contributed by atoms with van der Waals surface area (Å²) < 4.78 is 10.5. The van der Waals surface area contributed by atoms with E-state index in [4.69, 9.17) is 21.1 Å². The highest BCUT2D eigenvalue weighted by Gasteiger charge is 2.04. The summed E-state index contributed by atoms with van der Waals surface area (Å²) >= 11 is 5.73. The summed E-state index contributed by atoms with van der Waals surface area (Å²) in [6.45, 7) is 0.719. The maximum atomic E-state index is 5.73. The van der Waals surface area contributed by atoms with Gasteiger partial charge in [-0.25, -0.2) is 9.97 Å². The van der Waals surface area contributed by atoms with Crippen molar-refractivity contribution in [1.82, 2.24) is 9.97 Å². The van der Waals surface area contributed by atoms with E-state index in [1.54, 1.807) is 26.6 Å². The first kappa shape index (κ1) is 14.4. The van der Waals surface area contributed by atoms with E-state index >= 15 is 0 Å². The summed E-state index contributed by atoms with van der Waals surface area (Å²) in [6.07, 6.45) is 3.95. The molecule has 0 atom stereocenters. The van der Waals surface area contributed by atoms with Gasteiger partial charge in [0.1, 0.15) is 0 Å². The van der Waals surface area contributed by atoms with E-state index in [2.05, 4.69) is 15.3 Å². The van der Waals surface area contributed by atoms with Crippen LogP contribution in [0.1, 0.15) is 5.56 Å². The van der Waals surface area contributed by atoms with Crippen LogP contribution in [0.5, 0.6) is 11.5 Å². The van der Waals surface area contributed by atoms with E-state index in [0.717, 1.165) is 30.0 Å². The summed E-state index contributed by atoms with van der Waals surface area (Å²) in [5.41, 5.74) is 1.14. The normalized spacial score (nSPS) is 10.2. The van der Waals surface area contributed by atoms with Crippen LogP contribution >= 0.6 is 11.6 Å². The molecule has 0 aliphatic carbocycles. The number of hydrogen-bond donors (Lipinski definition) is 1. The Hall–Kier alpha value is -2.01. The Morgan fingerprint density at radius 1 is 1.10 bits per heavy atom. The van der Waals surface area contributed by atoms with Gasteiger partial charge in [0.2, 0.25) is 5.95 Å². The fourth-order valence-electron chi connectivity index (χ4n) is 1.76. The average Bonchev–Trinajstić information content (AvgIpc) is 2.49. The van der Waals surface area contributed by atoms with Crippen molar-refractivity contribution in [2.45, 2.75) is 6.42 Å². The van der Waals surface area contributed by atoms with Crippen LogP contribution < -0.4 is 14.8 Å². The molecular weight excluding hydrogens is 278 g/mol. The quantitative estimate of drug-likeness (QED) is 0.887. The molecule has 0 amide bonds. The Labute approximate surface area is 122 Å². The predicted octanol–water partition coefficient (Wildman–Crippen LogP) is 2.80. The summed E-state index contributed by atoms with van der Waals surface area (Å²) in [4.78, 5) is 8.14. The molecule has 0 bridgehead atoms. The molecule has 0 unspecified atom stereocenters. The van der Waals surface area contributed by atoms with Gasteiger partial charge < -0.3 is 14.8 Å². The third kappa shape index (κ3) is 3.74. The van der Waals surface area contributed by atoms with Gasteiger partial charge in [-0.2, -0.15) is 0 Å². The standard InChI is InChI=1S/C14H16ClN3O2/c1-19-12-4-3-10(7-13(12)20-2)5-6-16-14-17-8-11(15)9-18-14/h3-4,7-9H,5-6H2,1-2H3,(H,16,17,18). The Morgan fingerprint density at radius 3 is 2.45 bits per heavy atom. The highest BCUT2D eigenvalue weighted by atomic mass is 35.5. The Bertz CT molecular complexity index is 561. The zero-order valence-electron chi connectivity index (χ0n) is 11.4. The molecule has 1 aromatic heterocycles. The fourth-order valence-corrected chi connectivity index (χ4v) is 1.86. The number of methoxy groups -OCH3 is 2. The van der Waals surface area contributed by atoms with E-state index in [1.165, 1.54) is 0 Å². The van der Waals surface area contributed by atoms with Gasteiger partial charge in [0.25, 0.3) is 0 Å². The highest BCUT2D eigenvalue weighted by molar-refractivity contribution is 6.30. The number of anilines is 1. The molecule has 106 valence electrons. The summed E-state index contributed by atoms with van der Waals surface area (Å²) in [6, 6.07) is 5.86. The molecule has 0 fully saturated rings. The lowest BCUT2D eigenvalue weighted by Gasteiger charge is -2.10. The molecule has 0 radical (unpaired) electrons. The van der Waals surface area contributed by atoms with Crippen LogP contribution in [-0.2, 0) is 6.42 Å². The SMILES string of the molecule is COc1ccc(CCNc2ncc(Cl)cn2)cc1OC. The lowest BCUT2D eigenvalue weighted by Crippen LogP contribution is -2.07. The molecular formula is C14H16ClN3O2. The average molecular weight is 294 g/mol. The number of nitrogens with one attached hydrogen (secondary N) is 1. The maximum absolute atomic E-state index is 5.73. The van der Waals surface area contributed by atoms with Gasteiger partial charge in [0.05, 0.1) is 31.6 Å². The van der Waals surface area contributed by atoms with Gasteiger partial charge >= 0.3 is 0 Å². The van der Waals surface area contributed by atoms with E-state index in [0.29, 0.717) is 11.0 Å². The number of halogens is 1. The smallest absolute Gasteiger partial charge is 0.222 e. The second kappa shape index (κ2) is 6.96. The Morgan fingerprint density at radius 2 is 1.80 bits per heavy atom. The monoisotopic (exact) mass is 293 g/mol. The lowest BCUT2D eigenvalue weighted by atomic mass is 10.1. The van der Waals surface area contributed by atoms with Crippen molar-refractivity contribution < 1.29 is 9.47 Å². The zero-order chi connectivity index (χ0) is 14.4. The molecule has 2 aromatic rings.